The maximum absolute atomic E-state index is 11.0. The molecule has 7 heteroatoms. The standard InChI is InChI=1S/C15H11N5O2/c16-15(21)22-12-3-1-2-10-13(12)20-14(19-10)8-4-5-9-11(6-8)18-7-17-9/h1-7H,(H2,16,21)(H,17,18)(H,19,20). The van der Waals surface area contributed by atoms with Crippen LogP contribution in [-0.4, -0.2) is 26.0 Å². The Morgan fingerprint density at radius 1 is 1.18 bits per heavy atom. The molecule has 1 amide bonds. The second kappa shape index (κ2) is 4.59. The molecule has 2 aromatic carbocycles. The molecule has 0 fully saturated rings. The summed E-state index contributed by atoms with van der Waals surface area (Å²) in [5, 5.41) is 0. The van der Waals surface area contributed by atoms with Crippen molar-refractivity contribution in [2.24, 2.45) is 5.73 Å². The highest BCUT2D eigenvalue weighted by Crippen LogP contribution is 2.28. The highest BCUT2D eigenvalue weighted by Gasteiger charge is 2.12. The molecule has 0 aliphatic heterocycles. The first-order chi connectivity index (χ1) is 10.7. The van der Waals surface area contributed by atoms with Crippen molar-refractivity contribution in [2.45, 2.75) is 0 Å². The minimum atomic E-state index is -0.865. The quantitative estimate of drug-likeness (QED) is 0.527. The summed E-state index contributed by atoms with van der Waals surface area (Å²) in [5.41, 5.74) is 9.10. The van der Waals surface area contributed by atoms with E-state index in [1.165, 1.54) is 0 Å². The van der Waals surface area contributed by atoms with Crippen molar-refractivity contribution in [3.8, 4) is 17.1 Å². The van der Waals surface area contributed by atoms with Gasteiger partial charge in [0.05, 0.1) is 22.9 Å². The van der Waals surface area contributed by atoms with E-state index in [-0.39, 0.29) is 0 Å². The molecule has 0 bridgehead atoms. The van der Waals surface area contributed by atoms with E-state index < -0.39 is 6.09 Å². The van der Waals surface area contributed by atoms with E-state index >= 15 is 0 Å². The Kier molecular flexibility index (Phi) is 2.59. The largest absolute Gasteiger partial charge is 0.410 e. The number of aromatic amines is 2. The SMILES string of the molecule is NC(=O)Oc1cccc2[nH]c(-c3ccc4nc[nH]c4c3)nc12. The van der Waals surface area contributed by atoms with Gasteiger partial charge in [0.25, 0.3) is 0 Å². The number of nitrogens with zero attached hydrogens (tertiary/aromatic N) is 2. The van der Waals surface area contributed by atoms with Crippen LogP contribution in [0.1, 0.15) is 0 Å². The van der Waals surface area contributed by atoms with E-state index in [0.29, 0.717) is 17.1 Å². The maximum atomic E-state index is 11.0. The summed E-state index contributed by atoms with van der Waals surface area (Å²) in [4.78, 5) is 25.9. The van der Waals surface area contributed by atoms with Crippen LogP contribution in [0.25, 0.3) is 33.5 Å². The zero-order valence-corrected chi connectivity index (χ0v) is 11.3. The minimum Gasteiger partial charge on any atom is -0.408 e. The van der Waals surface area contributed by atoms with E-state index in [1.54, 1.807) is 18.5 Å². The first-order valence-electron chi connectivity index (χ1n) is 6.60. The van der Waals surface area contributed by atoms with Crippen molar-refractivity contribution in [3.05, 3.63) is 42.7 Å². The molecule has 0 spiro atoms. The van der Waals surface area contributed by atoms with Crippen LogP contribution in [0.5, 0.6) is 5.75 Å². The van der Waals surface area contributed by atoms with Gasteiger partial charge in [0.15, 0.2) is 5.75 Å². The predicted molar refractivity (Wildman–Crippen MR) is 81.4 cm³/mol. The number of primary amides is 1. The Morgan fingerprint density at radius 3 is 2.95 bits per heavy atom. The maximum Gasteiger partial charge on any atom is 0.410 e. The lowest BCUT2D eigenvalue weighted by Crippen LogP contribution is -2.16. The zero-order valence-electron chi connectivity index (χ0n) is 11.3. The number of para-hydroxylation sites is 1. The van der Waals surface area contributed by atoms with E-state index in [2.05, 4.69) is 19.9 Å². The second-order valence-electron chi connectivity index (χ2n) is 4.79. The Labute approximate surface area is 124 Å². The van der Waals surface area contributed by atoms with Crippen LogP contribution >= 0.6 is 0 Å². The lowest BCUT2D eigenvalue weighted by Gasteiger charge is -1.99. The molecule has 0 saturated heterocycles. The number of fused-ring (bicyclic) bond motifs is 2. The highest BCUT2D eigenvalue weighted by molar-refractivity contribution is 5.88. The van der Waals surface area contributed by atoms with Crippen LogP contribution in [0.4, 0.5) is 4.79 Å². The van der Waals surface area contributed by atoms with Gasteiger partial charge in [0.1, 0.15) is 11.3 Å². The van der Waals surface area contributed by atoms with E-state index in [9.17, 15) is 4.79 Å². The van der Waals surface area contributed by atoms with Crippen molar-refractivity contribution in [1.82, 2.24) is 19.9 Å². The average molecular weight is 293 g/mol. The number of rotatable bonds is 2. The number of carbonyl (C=O) groups excluding carboxylic acids is 1. The van der Waals surface area contributed by atoms with Gasteiger partial charge in [-0.05, 0) is 30.3 Å². The van der Waals surface area contributed by atoms with Gasteiger partial charge in [0.2, 0.25) is 0 Å². The van der Waals surface area contributed by atoms with Gasteiger partial charge in [-0.3, -0.25) is 0 Å². The molecule has 0 aliphatic rings. The molecule has 4 rings (SSSR count). The topological polar surface area (TPSA) is 110 Å². The summed E-state index contributed by atoms with van der Waals surface area (Å²) in [6, 6.07) is 11.1. The molecule has 0 aliphatic carbocycles. The average Bonchev–Trinajstić information content (AvgIpc) is 3.12. The van der Waals surface area contributed by atoms with Gasteiger partial charge < -0.3 is 20.4 Å². The lowest BCUT2D eigenvalue weighted by molar-refractivity contribution is 0.211. The van der Waals surface area contributed by atoms with Crippen molar-refractivity contribution in [3.63, 3.8) is 0 Å². The Hall–Kier alpha value is -3.35. The molecule has 0 atom stereocenters. The van der Waals surface area contributed by atoms with E-state index in [4.69, 9.17) is 10.5 Å². The van der Waals surface area contributed by atoms with Crippen LogP contribution < -0.4 is 10.5 Å². The molecule has 4 N–H and O–H groups in total. The third-order valence-corrected chi connectivity index (χ3v) is 3.38. The number of nitrogens with one attached hydrogen (secondary N) is 2. The van der Waals surface area contributed by atoms with Crippen LogP contribution in [-0.2, 0) is 0 Å². The van der Waals surface area contributed by atoms with Gasteiger partial charge in [0, 0.05) is 5.56 Å². The highest BCUT2D eigenvalue weighted by atomic mass is 16.5. The number of H-pyrrole nitrogens is 2. The Balaban J connectivity index is 1.86. The monoisotopic (exact) mass is 293 g/mol. The van der Waals surface area contributed by atoms with Gasteiger partial charge in [-0.15, -0.1) is 0 Å². The van der Waals surface area contributed by atoms with Crippen LogP contribution in [0.15, 0.2) is 42.7 Å². The number of ether oxygens (including phenoxy) is 1. The molecule has 7 nitrogen and oxygen atoms in total. The summed E-state index contributed by atoms with van der Waals surface area (Å²) in [6.07, 6.45) is 0.780. The second-order valence-corrected chi connectivity index (χ2v) is 4.79. The van der Waals surface area contributed by atoms with Crippen molar-refractivity contribution in [2.75, 3.05) is 0 Å². The number of benzene rings is 2. The number of hydrogen-bond donors (Lipinski definition) is 3. The number of nitrogens with two attached hydrogens (primary N) is 1. The molecule has 2 heterocycles. The number of carbonyl (C=O) groups is 1. The third kappa shape index (κ3) is 1.96. The molecule has 108 valence electrons. The number of amides is 1. The third-order valence-electron chi connectivity index (χ3n) is 3.38. The van der Waals surface area contributed by atoms with Gasteiger partial charge >= 0.3 is 6.09 Å². The Morgan fingerprint density at radius 2 is 2.09 bits per heavy atom. The number of aromatic nitrogens is 4. The summed E-state index contributed by atoms with van der Waals surface area (Å²) in [7, 11) is 0. The number of hydrogen-bond acceptors (Lipinski definition) is 4. The summed E-state index contributed by atoms with van der Waals surface area (Å²) < 4.78 is 4.97. The summed E-state index contributed by atoms with van der Waals surface area (Å²) >= 11 is 0. The summed E-state index contributed by atoms with van der Waals surface area (Å²) in [5.74, 6) is 1.00. The zero-order chi connectivity index (χ0) is 15.1. The molecular formula is C15H11N5O2. The normalized spacial score (nSPS) is 11.1. The van der Waals surface area contributed by atoms with Crippen molar-refractivity contribution >= 4 is 28.2 Å². The Bertz CT molecular complexity index is 1000. The fourth-order valence-corrected chi connectivity index (χ4v) is 2.42. The molecule has 4 aromatic rings. The van der Waals surface area contributed by atoms with Crippen molar-refractivity contribution in [1.29, 1.82) is 0 Å². The molecule has 0 radical (unpaired) electrons. The fourth-order valence-electron chi connectivity index (χ4n) is 2.42. The van der Waals surface area contributed by atoms with Gasteiger partial charge in [-0.25, -0.2) is 14.8 Å². The first kappa shape index (κ1) is 12.4. The first-order valence-corrected chi connectivity index (χ1v) is 6.60. The van der Waals surface area contributed by atoms with Crippen LogP contribution in [0, 0.1) is 0 Å². The predicted octanol–water partition coefficient (Wildman–Crippen LogP) is 2.56. The van der Waals surface area contributed by atoms with Crippen molar-refractivity contribution < 1.29 is 9.53 Å². The molecular weight excluding hydrogens is 282 g/mol. The molecule has 0 saturated carbocycles. The minimum absolute atomic E-state index is 0.329. The smallest absolute Gasteiger partial charge is 0.408 e. The van der Waals surface area contributed by atoms with Gasteiger partial charge in [-0.2, -0.15) is 0 Å². The van der Waals surface area contributed by atoms with Crippen LogP contribution in [0.2, 0.25) is 0 Å². The molecule has 2 aromatic heterocycles. The number of imidazole rings is 2. The summed E-state index contributed by atoms with van der Waals surface area (Å²) in [6.45, 7) is 0. The molecule has 0 unspecified atom stereocenters. The lowest BCUT2D eigenvalue weighted by atomic mass is 10.2. The van der Waals surface area contributed by atoms with Crippen LogP contribution in [0.3, 0.4) is 0 Å². The van der Waals surface area contributed by atoms with E-state index in [1.807, 2.05) is 24.3 Å². The van der Waals surface area contributed by atoms with E-state index in [0.717, 1.165) is 22.1 Å². The fraction of sp³-hybridized carbons (Fsp3) is 0. The molecule has 22 heavy (non-hydrogen) atoms. The van der Waals surface area contributed by atoms with Gasteiger partial charge in [-0.1, -0.05) is 6.07 Å².